The van der Waals surface area contributed by atoms with Crippen molar-refractivity contribution < 1.29 is 23.9 Å². The maximum Gasteiger partial charge on any atom is 0.328 e. The van der Waals surface area contributed by atoms with Gasteiger partial charge >= 0.3 is 11.9 Å². The topological polar surface area (TPSA) is 65.1 Å². The highest BCUT2D eigenvalue weighted by Gasteiger charge is 2.57. The van der Waals surface area contributed by atoms with Crippen LogP contribution in [0.15, 0.2) is 30.3 Å². The number of piperidine rings is 1. The fourth-order valence-electron chi connectivity index (χ4n) is 3.51. The summed E-state index contributed by atoms with van der Waals surface area (Å²) in [6.45, 7) is 5.38. The van der Waals surface area contributed by atoms with Crippen molar-refractivity contribution in [1.82, 2.24) is 5.06 Å². The van der Waals surface area contributed by atoms with Crippen LogP contribution in [0.1, 0.15) is 51.7 Å². The van der Waals surface area contributed by atoms with Gasteiger partial charge in [0.25, 0.3) is 0 Å². The third kappa shape index (κ3) is 3.55. The Morgan fingerprint density at radius 1 is 1.00 bits per heavy atom. The Balaban J connectivity index is 2.42. The van der Waals surface area contributed by atoms with Crippen LogP contribution < -0.4 is 0 Å². The van der Waals surface area contributed by atoms with Crippen LogP contribution in [0.2, 0.25) is 0 Å². The molecule has 1 heterocycles. The lowest BCUT2D eigenvalue weighted by Gasteiger charge is -2.51. The molecule has 6 heteroatoms. The predicted molar refractivity (Wildman–Crippen MR) is 92.5 cm³/mol. The summed E-state index contributed by atoms with van der Waals surface area (Å²) >= 11 is 0. The minimum atomic E-state index is -1.07. The summed E-state index contributed by atoms with van der Waals surface area (Å²) in [5.74, 6) is -0.856. The first-order valence-corrected chi connectivity index (χ1v) is 8.48. The number of methoxy groups -OCH3 is 2. The number of ether oxygens (including phenoxy) is 2. The quantitative estimate of drug-likeness (QED) is 0.762. The van der Waals surface area contributed by atoms with Gasteiger partial charge in [-0.25, -0.2) is 9.59 Å². The van der Waals surface area contributed by atoms with Crippen molar-refractivity contribution in [2.45, 2.75) is 57.2 Å². The van der Waals surface area contributed by atoms with E-state index in [9.17, 15) is 9.59 Å². The number of hydrogen-bond donors (Lipinski definition) is 0. The predicted octanol–water partition coefficient (Wildman–Crippen LogP) is 3.03. The highest BCUT2D eigenvalue weighted by atomic mass is 16.7. The molecule has 1 aliphatic heterocycles. The lowest BCUT2D eigenvalue weighted by Crippen LogP contribution is -2.67. The van der Waals surface area contributed by atoms with Crippen LogP contribution in [0.3, 0.4) is 0 Å². The zero-order valence-corrected chi connectivity index (χ0v) is 15.6. The molecule has 1 fully saturated rings. The molecule has 1 aliphatic rings. The Morgan fingerprint density at radius 2 is 1.48 bits per heavy atom. The van der Waals surface area contributed by atoms with Crippen molar-refractivity contribution in [2.75, 3.05) is 14.2 Å². The standard InChI is InChI=1S/C19H27NO5/c1-14(15-10-7-6-8-11-15)25-20-18(2,16(21)23-4)12-9-13-19(20,3)17(22)24-5/h6-8,10-11,14H,9,12-13H2,1-5H3/t14?,18-,19+. The first kappa shape index (κ1) is 19.4. The second-order valence-corrected chi connectivity index (χ2v) is 6.84. The molecule has 0 amide bonds. The second kappa shape index (κ2) is 7.54. The number of carbonyl (C=O) groups excluding carboxylic acids is 2. The van der Waals surface area contributed by atoms with Gasteiger partial charge in [-0.2, -0.15) is 5.06 Å². The van der Waals surface area contributed by atoms with Gasteiger partial charge in [0.2, 0.25) is 0 Å². The summed E-state index contributed by atoms with van der Waals surface area (Å²) in [6, 6.07) is 9.65. The van der Waals surface area contributed by atoms with E-state index >= 15 is 0 Å². The van der Waals surface area contributed by atoms with Gasteiger partial charge in [0, 0.05) is 0 Å². The molecule has 1 aromatic rings. The Kier molecular flexibility index (Phi) is 5.85. The number of nitrogens with zero attached hydrogens (tertiary/aromatic N) is 1. The van der Waals surface area contributed by atoms with Crippen LogP contribution >= 0.6 is 0 Å². The minimum absolute atomic E-state index is 0.340. The number of hydroxylamine groups is 2. The van der Waals surface area contributed by atoms with Gasteiger partial charge in [0.15, 0.2) is 0 Å². The summed E-state index contributed by atoms with van der Waals surface area (Å²) in [5, 5.41) is 1.50. The smallest absolute Gasteiger partial charge is 0.328 e. The summed E-state index contributed by atoms with van der Waals surface area (Å²) in [4.78, 5) is 31.2. The fraction of sp³-hybridized carbons (Fsp3) is 0.579. The summed E-state index contributed by atoms with van der Waals surface area (Å²) in [5.41, 5.74) is -1.19. The van der Waals surface area contributed by atoms with E-state index in [0.717, 1.165) is 5.56 Å². The van der Waals surface area contributed by atoms with Gasteiger partial charge < -0.3 is 9.47 Å². The van der Waals surface area contributed by atoms with Gasteiger partial charge in [0.05, 0.1) is 14.2 Å². The first-order chi connectivity index (χ1) is 11.8. The molecular weight excluding hydrogens is 322 g/mol. The Bertz CT molecular complexity index is 590. The molecule has 3 atom stereocenters. The van der Waals surface area contributed by atoms with Crippen LogP contribution in [-0.2, 0) is 23.9 Å². The number of esters is 2. The molecule has 1 unspecified atom stereocenters. The van der Waals surface area contributed by atoms with Gasteiger partial charge in [0.1, 0.15) is 17.2 Å². The molecule has 0 spiro atoms. The van der Waals surface area contributed by atoms with Crippen LogP contribution in [0.25, 0.3) is 0 Å². The molecule has 138 valence electrons. The molecule has 1 saturated heterocycles. The highest BCUT2D eigenvalue weighted by molar-refractivity contribution is 5.85. The van der Waals surface area contributed by atoms with E-state index in [-0.39, 0.29) is 6.10 Å². The minimum Gasteiger partial charge on any atom is -0.468 e. The largest absolute Gasteiger partial charge is 0.468 e. The lowest BCUT2D eigenvalue weighted by atomic mass is 9.80. The van der Waals surface area contributed by atoms with E-state index in [1.807, 2.05) is 37.3 Å². The SMILES string of the molecule is COC(=O)[C@]1(C)CCC[C@](C)(C(=O)OC)N1OC(C)c1ccccc1. The van der Waals surface area contributed by atoms with E-state index in [2.05, 4.69) is 0 Å². The first-order valence-electron chi connectivity index (χ1n) is 8.48. The van der Waals surface area contributed by atoms with E-state index in [1.165, 1.54) is 19.3 Å². The van der Waals surface area contributed by atoms with Crippen molar-refractivity contribution >= 4 is 11.9 Å². The average Bonchev–Trinajstić information content (AvgIpc) is 2.63. The van der Waals surface area contributed by atoms with Gasteiger partial charge in [-0.15, -0.1) is 0 Å². The van der Waals surface area contributed by atoms with Crippen LogP contribution in [-0.4, -0.2) is 42.3 Å². The number of hydrogen-bond acceptors (Lipinski definition) is 6. The molecule has 0 N–H and O–H groups in total. The molecule has 2 rings (SSSR count). The van der Waals surface area contributed by atoms with E-state index in [1.54, 1.807) is 13.8 Å². The molecule has 1 aromatic carbocycles. The molecule has 25 heavy (non-hydrogen) atoms. The highest BCUT2D eigenvalue weighted by Crippen LogP contribution is 2.42. The molecule has 0 radical (unpaired) electrons. The molecule has 6 nitrogen and oxygen atoms in total. The molecule has 0 aliphatic carbocycles. The Morgan fingerprint density at radius 3 is 1.92 bits per heavy atom. The second-order valence-electron chi connectivity index (χ2n) is 6.84. The summed E-state index contributed by atoms with van der Waals surface area (Å²) < 4.78 is 10.0. The van der Waals surface area contributed by atoms with Crippen molar-refractivity contribution in [3.63, 3.8) is 0 Å². The lowest BCUT2D eigenvalue weighted by molar-refractivity contribution is -0.305. The summed E-state index contributed by atoms with van der Waals surface area (Å²) in [6.07, 6.45) is 1.42. The van der Waals surface area contributed by atoms with Crippen LogP contribution in [0.5, 0.6) is 0 Å². The number of rotatable bonds is 5. The third-order valence-corrected chi connectivity index (χ3v) is 5.01. The number of benzene rings is 1. The van der Waals surface area contributed by atoms with E-state index in [4.69, 9.17) is 14.3 Å². The van der Waals surface area contributed by atoms with Gasteiger partial charge in [-0.1, -0.05) is 30.3 Å². The molecule has 0 aromatic heterocycles. The molecular formula is C19H27NO5. The van der Waals surface area contributed by atoms with E-state index in [0.29, 0.717) is 19.3 Å². The van der Waals surface area contributed by atoms with Crippen molar-refractivity contribution in [2.24, 2.45) is 0 Å². The van der Waals surface area contributed by atoms with Crippen molar-refractivity contribution in [3.8, 4) is 0 Å². The normalized spacial score (nSPS) is 28.2. The van der Waals surface area contributed by atoms with Crippen LogP contribution in [0.4, 0.5) is 0 Å². The monoisotopic (exact) mass is 349 g/mol. The Hall–Kier alpha value is -1.92. The molecule has 0 bridgehead atoms. The average molecular weight is 349 g/mol. The van der Waals surface area contributed by atoms with E-state index < -0.39 is 23.0 Å². The van der Waals surface area contributed by atoms with Crippen molar-refractivity contribution in [3.05, 3.63) is 35.9 Å². The zero-order valence-electron chi connectivity index (χ0n) is 15.6. The van der Waals surface area contributed by atoms with Crippen molar-refractivity contribution in [1.29, 1.82) is 0 Å². The number of carbonyl (C=O) groups is 2. The van der Waals surface area contributed by atoms with Gasteiger partial charge in [-0.05, 0) is 45.6 Å². The molecule has 0 saturated carbocycles. The zero-order chi connectivity index (χ0) is 18.7. The van der Waals surface area contributed by atoms with Crippen LogP contribution in [0, 0.1) is 0 Å². The third-order valence-electron chi connectivity index (χ3n) is 5.01. The fourth-order valence-corrected chi connectivity index (χ4v) is 3.51. The summed E-state index contributed by atoms with van der Waals surface area (Å²) in [7, 11) is 2.69. The maximum absolute atomic E-state index is 12.5. The maximum atomic E-state index is 12.5. The Labute approximate surface area is 149 Å². The van der Waals surface area contributed by atoms with Gasteiger partial charge in [-0.3, -0.25) is 4.84 Å².